The third-order valence-electron chi connectivity index (χ3n) is 4.38. The number of hydrogen-bond acceptors (Lipinski definition) is 7. The average Bonchev–Trinajstić information content (AvgIpc) is 3.11. The minimum absolute atomic E-state index is 0.538. The summed E-state index contributed by atoms with van der Waals surface area (Å²) in [5, 5.41) is 6.31. The summed E-state index contributed by atoms with van der Waals surface area (Å²) >= 11 is 0. The fourth-order valence-electron chi connectivity index (χ4n) is 3.08. The fraction of sp³-hybridized carbons (Fsp3) is 0.200. The molecular formula is C20H20N6O. The largest absolute Gasteiger partial charge is 0.496 e. The molecule has 0 fully saturated rings. The molecule has 0 atom stereocenters. The first-order valence-electron chi connectivity index (χ1n) is 8.65. The first kappa shape index (κ1) is 17.0. The van der Waals surface area contributed by atoms with Crippen molar-refractivity contribution in [3.05, 3.63) is 59.5 Å². The number of nitrogens with zero attached hydrogens (tertiary/aromatic N) is 4. The number of aryl methyl sites for hydroxylation is 1. The molecule has 0 spiro atoms. The average molecular weight is 360 g/mol. The van der Waals surface area contributed by atoms with Crippen LogP contribution >= 0.6 is 0 Å². The van der Waals surface area contributed by atoms with Crippen LogP contribution in [0.5, 0.6) is 5.75 Å². The number of rotatable bonds is 5. The number of anilines is 3. The number of methoxy groups -OCH3 is 1. The highest BCUT2D eigenvalue weighted by Gasteiger charge is 2.19. The molecule has 7 heteroatoms. The van der Waals surface area contributed by atoms with Gasteiger partial charge in [-0.05, 0) is 36.8 Å². The second-order valence-corrected chi connectivity index (χ2v) is 6.25. The van der Waals surface area contributed by atoms with Gasteiger partial charge in [-0.2, -0.15) is 4.98 Å². The molecule has 1 aliphatic heterocycles. The van der Waals surface area contributed by atoms with Gasteiger partial charge in [-0.3, -0.25) is 9.98 Å². The van der Waals surface area contributed by atoms with E-state index in [-0.39, 0.29) is 0 Å². The van der Waals surface area contributed by atoms with E-state index < -0.39 is 0 Å². The van der Waals surface area contributed by atoms with Crippen molar-refractivity contribution in [3.63, 3.8) is 0 Å². The second-order valence-electron chi connectivity index (χ2n) is 6.25. The SMILES string of the molecule is CNc1cc(C)nc(Nc2ccc(OC)c(C3=Nc4cnccc4C3)c2)n1. The highest BCUT2D eigenvalue weighted by molar-refractivity contribution is 6.08. The van der Waals surface area contributed by atoms with Crippen molar-refractivity contribution in [2.75, 3.05) is 24.8 Å². The summed E-state index contributed by atoms with van der Waals surface area (Å²) in [6.45, 7) is 1.94. The van der Waals surface area contributed by atoms with E-state index >= 15 is 0 Å². The molecule has 0 bridgehead atoms. The molecule has 3 heterocycles. The molecule has 1 aliphatic rings. The molecule has 0 unspecified atom stereocenters. The third kappa shape index (κ3) is 3.44. The van der Waals surface area contributed by atoms with Crippen molar-refractivity contribution in [2.24, 2.45) is 4.99 Å². The van der Waals surface area contributed by atoms with Gasteiger partial charge in [-0.15, -0.1) is 0 Å². The van der Waals surface area contributed by atoms with Crippen LogP contribution in [0.1, 0.15) is 16.8 Å². The summed E-state index contributed by atoms with van der Waals surface area (Å²) in [6, 6.07) is 9.78. The van der Waals surface area contributed by atoms with E-state index in [9.17, 15) is 0 Å². The van der Waals surface area contributed by atoms with Crippen molar-refractivity contribution in [1.82, 2.24) is 15.0 Å². The Morgan fingerprint density at radius 2 is 2.00 bits per heavy atom. The minimum atomic E-state index is 0.538. The Morgan fingerprint density at radius 3 is 2.78 bits per heavy atom. The number of hydrogen-bond donors (Lipinski definition) is 2. The normalized spacial score (nSPS) is 12.3. The van der Waals surface area contributed by atoms with Crippen LogP contribution < -0.4 is 15.4 Å². The smallest absolute Gasteiger partial charge is 0.229 e. The zero-order valence-electron chi connectivity index (χ0n) is 15.4. The summed E-state index contributed by atoms with van der Waals surface area (Å²) in [7, 11) is 3.50. The number of aromatic nitrogens is 3. The quantitative estimate of drug-likeness (QED) is 0.722. The predicted octanol–water partition coefficient (Wildman–Crippen LogP) is 3.65. The molecule has 0 saturated carbocycles. The van der Waals surface area contributed by atoms with Gasteiger partial charge < -0.3 is 15.4 Å². The Hall–Kier alpha value is -3.48. The Morgan fingerprint density at radius 1 is 1.11 bits per heavy atom. The third-order valence-corrected chi connectivity index (χ3v) is 4.38. The van der Waals surface area contributed by atoms with Crippen molar-refractivity contribution < 1.29 is 4.74 Å². The van der Waals surface area contributed by atoms with Gasteiger partial charge in [0.2, 0.25) is 5.95 Å². The Balaban J connectivity index is 1.67. The lowest BCUT2D eigenvalue weighted by molar-refractivity contribution is 0.414. The molecular weight excluding hydrogens is 340 g/mol. The summed E-state index contributed by atoms with van der Waals surface area (Å²) in [5.41, 5.74) is 5.73. The van der Waals surface area contributed by atoms with E-state index in [2.05, 4.69) is 25.6 Å². The summed E-state index contributed by atoms with van der Waals surface area (Å²) < 4.78 is 5.55. The number of pyridine rings is 1. The summed E-state index contributed by atoms with van der Waals surface area (Å²) in [6.07, 6.45) is 4.33. The Bertz CT molecular complexity index is 1030. The molecule has 0 saturated heterocycles. The molecule has 27 heavy (non-hydrogen) atoms. The number of nitrogens with one attached hydrogen (secondary N) is 2. The Kier molecular flexibility index (Phi) is 4.42. The van der Waals surface area contributed by atoms with Crippen LogP contribution in [0.25, 0.3) is 0 Å². The molecule has 7 nitrogen and oxygen atoms in total. The van der Waals surface area contributed by atoms with Gasteiger partial charge in [0.15, 0.2) is 0 Å². The second kappa shape index (κ2) is 7.03. The molecule has 1 aromatic carbocycles. The van der Waals surface area contributed by atoms with Crippen molar-refractivity contribution >= 4 is 28.9 Å². The van der Waals surface area contributed by atoms with Gasteiger partial charge in [0, 0.05) is 42.7 Å². The van der Waals surface area contributed by atoms with Crippen LogP contribution in [-0.2, 0) is 6.42 Å². The van der Waals surface area contributed by atoms with Crippen molar-refractivity contribution in [1.29, 1.82) is 0 Å². The number of fused-ring (bicyclic) bond motifs is 1. The lowest BCUT2D eigenvalue weighted by Gasteiger charge is -2.12. The van der Waals surface area contributed by atoms with Gasteiger partial charge in [0.1, 0.15) is 11.6 Å². The maximum atomic E-state index is 5.55. The minimum Gasteiger partial charge on any atom is -0.496 e. The monoisotopic (exact) mass is 360 g/mol. The number of aliphatic imine (C=N–C) groups is 1. The summed E-state index contributed by atoms with van der Waals surface area (Å²) in [4.78, 5) is 17.8. The molecule has 0 amide bonds. The fourth-order valence-corrected chi connectivity index (χ4v) is 3.08. The first-order valence-corrected chi connectivity index (χ1v) is 8.65. The van der Waals surface area contributed by atoms with E-state index in [1.165, 1.54) is 5.56 Å². The van der Waals surface area contributed by atoms with Crippen LogP contribution in [-0.4, -0.2) is 34.8 Å². The standard InChI is InChI=1S/C20H20N6O/c1-12-8-19(21-2)26-20(23-12)24-14-4-5-18(27-3)15(10-14)16-9-13-6-7-22-11-17(13)25-16/h4-8,10-11H,9H2,1-3H3,(H2,21,23,24,26). The number of ether oxygens (including phenoxy) is 1. The lowest BCUT2D eigenvalue weighted by atomic mass is 10.0. The van der Waals surface area contributed by atoms with E-state index in [1.54, 1.807) is 19.5 Å². The van der Waals surface area contributed by atoms with Crippen LogP contribution in [0.3, 0.4) is 0 Å². The van der Waals surface area contributed by atoms with E-state index in [4.69, 9.17) is 9.73 Å². The lowest BCUT2D eigenvalue weighted by Crippen LogP contribution is -2.06. The molecule has 0 aliphatic carbocycles. The first-order chi connectivity index (χ1) is 13.2. The van der Waals surface area contributed by atoms with Crippen molar-refractivity contribution in [3.8, 4) is 5.75 Å². The van der Waals surface area contributed by atoms with Gasteiger partial charge in [-0.1, -0.05) is 0 Å². The van der Waals surface area contributed by atoms with Gasteiger partial charge in [0.05, 0.1) is 24.7 Å². The van der Waals surface area contributed by atoms with Crippen LogP contribution in [0.2, 0.25) is 0 Å². The van der Waals surface area contributed by atoms with Gasteiger partial charge in [0.25, 0.3) is 0 Å². The van der Waals surface area contributed by atoms with Crippen LogP contribution in [0.15, 0.2) is 47.7 Å². The van der Waals surface area contributed by atoms with Gasteiger partial charge in [-0.25, -0.2) is 4.98 Å². The summed E-state index contributed by atoms with van der Waals surface area (Å²) in [5.74, 6) is 2.08. The molecule has 2 N–H and O–H groups in total. The highest BCUT2D eigenvalue weighted by Crippen LogP contribution is 2.32. The van der Waals surface area contributed by atoms with E-state index in [0.29, 0.717) is 5.95 Å². The molecule has 0 radical (unpaired) electrons. The maximum absolute atomic E-state index is 5.55. The molecule has 4 rings (SSSR count). The Labute approximate surface area is 157 Å². The predicted molar refractivity (Wildman–Crippen MR) is 107 cm³/mol. The molecule has 2 aromatic heterocycles. The number of benzene rings is 1. The van der Waals surface area contributed by atoms with Crippen LogP contribution in [0.4, 0.5) is 23.1 Å². The molecule has 136 valence electrons. The van der Waals surface area contributed by atoms with E-state index in [1.807, 2.05) is 44.3 Å². The topological polar surface area (TPSA) is 84.3 Å². The van der Waals surface area contributed by atoms with Crippen LogP contribution in [0, 0.1) is 6.92 Å². The van der Waals surface area contributed by atoms with E-state index in [0.717, 1.165) is 46.3 Å². The zero-order chi connectivity index (χ0) is 18.8. The van der Waals surface area contributed by atoms with Gasteiger partial charge >= 0.3 is 0 Å². The molecule has 3 aromatic rings. The highest BCUT2D eigenvalue weighted by atomic mass is 16.5. The maximum Gasteiger partial charge on any atom is 0.229 e. The van der Waals surface area contributed by atoms with Crippen molar-refractivity contribution in [2.45, 2.75) is 13.3 Å². The zero-order valence-corrected chi connectivity index (χ0v) is 15.4.